The molecule has 0 aliphatic carbocycles. The molecule has 1 aliphatic heterocycles. The van der Waals surface area contributed by atoms with Crippen LogP contribution in [0.3, 0.4) is 0 Å². The molecular formula is C11H11N5. The van der Waals surface area contributed by atoms with Crippen LogP contribution >= 0.6 is 0 Å². The minimum atomic E-state index is 0.467. The summed E-state index contributed by atoms with van der Waals surface area (Å²) in [5, 5.41) is 9.21. The summed E-state index contributed by atoms with van der Waals surface area (Å²) in [6, 6.07) is 2.24. The van der Waals surface area contributed by atoms with Crippen molar-refractivity contribution in [2.24, 2.45) is 0 Å². The first-order valence-corrected chi connectivity index (χ1v) is 5.34. The summed E-state index contributed by atoms with van der Waals surface area (Å²) >= 11 is 0. The lowest BCUT2D eigenvalue weighted by atomic mass is 10.1. The molecule has 0 radical (unpaired) electrons. The summed E-state index contributed by atoms with van der Waals surface area (Å²) in [5.41, 5.74) is 9.13. The van der Waals surface area contributed by atoms with Crippen molar-refractivity contribution in [3.8, 4) is 6.07 Å². The normalized spacial score (nSPS) is 14.7. The van der Waals surface area contributed by atoms with Crippen molar-refractivity contribution in [1.82, 2.24) is 14.5 Å². The van der Waals surface area contributed by atoms with Crippen LogP contribution in [0.4, 0.5) is 5.82 Å². The van der Waals surface area contributed by atoms with Crippen LogP contribution in [0.2, 0.25) is 0 Å². The Balaban J connectivity index is 2.48. The molecular weight excluding hydrogens is 202 g/mol. The zero-order chi connectivity index (χ0) is 11.1. The van der Waals surface area contributed by atoms with E-state index in [4.69, 9.17) is 5.73 Å². The van der Waals surface area contributed by atoms with E-state index in [-0.39, 0.29) is 0 Å². The highest BCUT2D eigenvalue weighted by molar-refractivity contribution is 5.91. The van der Waals surface area contributed by atoms with Crippen molar-refractivity contribution in [3.05, 3.63) is 17.6 Å². The average molecular weight is 213 g/mol. The Hall–Kier alpha value is -2.09. The van der Waals surface area contributed by atoms with Gasteiger partial charge in [0.25, 0.3) is 0 Å². The van der Waals surface area contributed by atoms with Gasteiger partial charge in [0.05, 0.1) is 5.56 Å². The molecule has 0 amide bonds. The summed E-state index contributed by atoms with van der Waals surface area (Å²) in [5.74, 6) is 0.467. The molecule has 2 aromatic rings. The minimum Gasteiger partial charge on any atom is -0.382 e. The number of rotatable bonds is 0. The molecule has 5 heteroatoms. The smallest absolute Gasteiger partial charge is 0.151 e. The van der Waals surface area contributed by atoms with E-state index in [9.17, 15) is 5.26 Å². The number of nitrogen functional groups attached to an aromatic ring is 1. The highest BCUT2D eigenvalue weighted by atomic mass is 15.1. The van der Waals surface area contributed by atoms with Gasteiger partial charge in [0.15, 0.2) is 5.82 Å². The van der Waals surface area contributed by atoms with Crippen LogP contribution in [0, 0.1) is 11.3 Å². The fraction of sp³-hybridized carbons (Fsp3) is 0.364. The van der Waals surface area contributed by atoms with E-state index in [0.717, 1.165) is 37.0 Å². The number of fused-ring (bicyclic) bond motifs is 3. The standard InChI is InChI=1S/C11H11N5/c12-5-7-8-3-1-2-4-16(8)10-9(7)14-6-15-11(10)13/h6H,1-4H2,(H2,13,14,15). The van der Waals surface area contributed by atoms with Crippen molar-refractivity contribution >= 4 is 16.9 Å². The molecule has 5 nitrogen and oxygen atoms in total. The van der Waals surface area contributed by atoms with Gasteiger partial charge in [0.2, 0.25) is 0 Å². The monoisotopic (exact) mass is 213 g/mol. The molecule has 16 heavy (non-hydrogen) atoms. The predicted molar refractivity (Wildman–Crippen MR) is 59.6 cm³/mol. The van der Waals surface area contributed by atoms with Gasteiger partial charge in [-0.2, -0.15) is 5.26 Å². The number of hydrogen-bond donors (Lipinski definition) is 1. The number of aromatic nitrogens is 3. The Morgan fingerprint density at radius 2 is 2.25 bits per heavy atom. The highest BCUT2D eigenvalue weighted by Crippen LogP contribution is 2.30. The number of nitrogens with two attached hydrogens (primary N) is 1. The lowest BCUT2D eigenvalue weighted by molar-refractivity contribution is 0.544. The second-order valence-corrected chi connectivity index (χ2v) is 4.00. The Bertz CT molecular complexity index is 605. The molecule has 80 valence electrons. The molecule has 0 spiro atoms. The Labute approximate surface area is 92.5 Å². The summed E-state index contributed by atoms with van der Waals surface area (Å²) in [4.78, 5) is 8.18. The molecule has 0 atom stereocenters. The molecule has 0 aromatic carbocycles. The van der Waals surface area contributed by atoms with E-state index in [2.05, 4.69) is 20.6 Å². The maximum atomic E-state index is 9.21. The predicted octanol–water partition coefficient (Wildman–Crippen LogP) is 1.22. The number of hydrogen-bond acceptors (Lipinski definition) is 4. The zero-order valence-electron chi connectivity index (χ0n) is 8.77. The summed E-state index contributed by atoms with van der Waals surface area (Å²) in [6.45, 7) is 0.908. The fourth-order valence-corrected chi connectivity index (χ4v) is 2.43. The molecule has 2 aromatic heterocycles. The quantitative estimate of drug-likeness (QED) is 0.713. The van der Waals surface area contributed by atoms with E-state index >= 15 is 0 Å². The first kappa shape index (κ1) is 9.16. The first-order chi connectivity index (χ1) is 7.83. The summed E-state index contributed by atoms with van der Waals surface area (Å²) < 4.78 is 2.10. The lowest BCUT2D eigenvalue weighted by Gasteiger charge is -2.15. The van der Waals surface area contributed by atoms with Crippen LogP contribution in [0.5, 0.6) is 0 Å². The molecule has 0 unspecified atom stereocenters. The van der Waals surface area contributed by atoms with E-state index < -0.39 is 0 Å². The van der Waals surface area contributed by atoms with Gasteiger partial charge in [0.1, 0.15) is 23.4 Å². The second-order valence-electron chi connectivity index (χ2n) is 4.00. The first-order valence-electron chi connectivity index (χ1n) is 5.34. The van der Waals surface area contributed by atoms with Gasteiger partial charge in [-0.05, 0) is 19.3 Å². The van der Waals surface area contributed by atoms with Crippen molar-refractivity contribution < 1.29 is 0 Å². The van der Waals surface area contributed by atoms with Gasteiger partial charge in [-0.25, -0.2) is 9.97 Å². The third-order valence-electron chi connectivity index (χ3n) is 3.13. The van der Waals surface area contributed by atoms with Crippen molar-refractivity contribution in [3.63, 3.8) is 0 Å². The zero-order valence-corrected chi connectivity index (χ0v) is 8.77. The third kappa shape index (κ3) is 1.04. The molecule has 0 bridgehead atoms. The molecule has 1 aliphatic rings. The van der Waals surface area contributed by atoms with Gasteiger partial charge in [-0.1, -0.05) is 0 Å². The molecule has 3 rings (SSSR count). The number of aryl methyl sites for hydroxylation is 1. The SMILES string of the molecule is N#Cc1c2n(c3c(N)ncnc13)CCCC2. The Kier molecular flexibility index (Phi) is 1.83. The maximum Gasteiger partial charge on any atom is 0.151 e. The number of anilines is 1. The molecule has 0 fully saturated rings. The average Bonchev–Trinajstić information content (AvgIpc) is 2.64. The van der Waals surface area contributed by atoms with Crippen LogP contribution in [-0.4, -0.2) is 14.5 Å². The Morgan fingerprint density at radius 3 is 3.06 bits per heavy atom. The van der Waals surface area contributed by atoms with Crippen molar-refractivity contribution in [2.75, 3.05) is 5.73 Å². The van der Waals surface area contributed by atoms with Gasteiger partial charge in [0, 0.05) is 12.2 Å². The lowest BCUT2D eigenvalue weighted by Crippen LogP contribution is -2.11. The van der Waals surface area contributed by atoms with E-state index in [1.165, 1.54) is 6.33 Å². The van der Waals surface area contributed by atoms with E-state index in [1.54, 1.807) is 0 Å². The summed E-state index contributed by atoms with van der Waals surface area (Å²) in [6.07, 6.45) is 4.59. The van der Waals surface area contributed by atoms with Crippen LogP contribution in [0.1, 0.15) is 24.1 Å². The Morgan fingerprint density at radius 1 is 1.38 bits per heavy atom. The number of nitrogens with zero attached hydrogens (tertiary/aromatic N) is 4. The van der Waals surface area contributed by atoms with E-state index in [1.807, 2.05) is 0 Å². The maximum absolute atomic E-state index is 9.21. The van der Waals surface area contributed by atoms with Gasteiger partial charge < -0.3 is 10.3 Å². The molecule has 0 saturated heterocycles. The molecule has 0 saturated carbocycles. The van der Waals surface area contributed by atoms with E-state index in [0.29, 0.717) is 16.9 Å². The van der Waals surface area contributed by atoms with Crippen LogP contribution in [-0.2, 0) is 13.0 Å². The van der Waals surface area contributed by atoms with Gasteiger partial charge in [-0.3, -0.25) is 0 Å². The van der Waals surface area contributed by atoms with Gasteiger partial charge in [-0.15, -0.1) is 0 Å². The fourth-order valence-electron chi connectivity index (χ4n) is 2.43. The van der Waals surface area contributed by atoms with Gasteiger partial charge >= 0.3 is 0 Å². The second kappa shape index (κ2) is 3.20. The third-order valence-corrected chi connectivity index (χ3v) is 3.13. The van der Waals surface area contributed by atoms with Crippen molar-refractivity contribution in [1.29, 1.82) is 5.26 Å². The molecule has 3 heterocycles. The topological polar surface area (TPSA) is 80.5 Å². The van der Waals surface area contributed by atoms with Crippen LogP contribution in [0.25, 0.3) is 11.0 Å². The highest BCUT2D eigenvalue weighted by Gasteiger charge is 2.22. The minimum absolute atomic E-state index is 0.467. The van der Waals surface area contributed by atoms with Crippen molar-refractivity contribution in [2.45, 2.75) is 25.8 Å². The largest absolute Gasteiger partial charge is 0.382 e. The summed E-state index contributed by atoms with van der Waals surface area (Å²) in [7, 11) is 0. The van der Waals surface area contributed by atoms with Crippen LogP contribution in [0.15, 0.2) is 6.33 Å². The van der Waals surface area contributed by atoms with Crippen LogP contribution < -0.4 is 5.73 Å². The number of nitriles is 1. The molecule has 2 N–H and O–H groups in total.